The number of halogens is 1. The van der Waals surface area contributed by atoms with Crippen LogP contribution >= 0.6 is 11.8 Å². The van der Waals surface area contributed by atoms with Gasteiger partial charge in [-0.2, -0.15) is 5.10 Å². The molecule has 31 heavy (non-hydrogen) atoms. The number of hydrogen-bond donors (Lipinski definition) is 1. The highest BCUT2D eigenvalue weighted by Crippen LogP contribution is 2.47. The van der Waals surface area contributed by atoms with Gasteiger partial charge in [-0.25, -0.2) is 19.0 Å². The molecule has 0 unspecified atom stereocenters. The van der Waals surface area contributed by atoms with Gasteiger partial charge in [0, 0.05) is 12.0 Å². The fourth-order valence-corrected chi connectivity index (χ4v) is 4.46. The van der Waals surface area contributed by atoms with Gasteiger partial charge in [0.15, 0.2) is 5.65 Å². The average molecular weight is 434 g/mol. The Morgan fingerprint density at radius 3 is 2.61 bits per heavy atom. The molecule has 0 radical (unpaired) electrons. The van der Waals surface area contributed by atoms with Gasteiger partial charge in [-0.3, -0.25) is 4.79 Å². The predicted octanol–water partition coefficient (Wildman–Crippen LogP) is 3.89. The highest BCUT2D eigenvalue weighted by atomic mass is 32.2. The van der Waals surface area contributed by atoms with Crippen molar-refractivity contribution in [2.45, 2.75) is 23.3 Å². The number of carbonyl (C=O) groups is 1. The number of benzene rings is 2. The molecule has 1 fully saturated rings. The van der Waals surface area contributed by atoms with Crippen molar-refractivity contribution >= 4 is 28.7 Å². The van der Waals surface area contributed by atoms with Crippen LogP contribution in [0.4, 0.5) is 4.39 Å². The summed E-state index contributed by atoms with van der Waals surface area (Å²) >= 11 is 1.36. The Labute approximate surface area is 182 Å². The zero-order chi connectivity index (χ0) is 21.3. The van der Waals surface area contributed by atoms with Crippen LogP contribution in [-0.4, -0.2) is 38.0 Å². The molecule has 0 spiro atoms. The Balaban J connectivity index is 1.25. The Morgan fingerprint density at radius 2 is 1.87 bits per heavy atom. The van der Waals surface area contributed by atoms with Crippen molar-refractivity contribution in [2.75, 3.05) is 12.3 Å². The van der Waals surface area contributed by atoms with Gasteiger partial charge in [0.2, 0.25) is 5.91 Å². The molecule has 1 amide bonds. The fourth-order valence-electron chi connectivity index (χ4n) is 3.67. The van der Waals surface area contributed by atoms with Crippen LogP contribution in [0, 0.1) is 5.82 Å². The number of fused-ring (bicyclic) bond motifs is 1. The second-order valence-corrected chi connectivity index (χ2v) is 8.62. The zero-order valence-corrected chi connectivity index (χ0v) is 17.5. The van der Waals surface area contributed by atoms with Crippen molar-refractivity contribution in [3.8, 4) is 5.69 Å². The molecule has 1 aliphatic carbocycles. The molecule has 4 aromatic rings. The van der Waals surface area contributed by atoms with E-state index >= 15 is 0 Å². The highest BCUT2D eigenvalue weighted by molar-refractivity contribution is 8.00. The molecular formula is C23H20FN5OS. The van der Waals surface area contributed by atoms with Crippen LogP contribution in [0.5, 0.6) is 0 Å². The van der Waals surface area contributed by atoms with E-state index in [1.165, 1.54) is 35.8 Å². The summed E-state index contributed by atoms with van der Waals surface area (Å²) in [6.45, 7) is 0.651. The Bertz CT molecular complexity index is 1220. The van der Waals surface area contributed by atoms with E-state index in [0.29, 0.717) is 22.9 Å². The minimum Gasteiger partial charge on any atom is -0.354 e. The van der Waals surface area contributed by atoms with Gasteiger partial charge in [-0.05, 0) is 42.7 Å². The first-order valence-electron chi connectivity index (χ1n) is 10.0. The molecular weight excluding hydrogens is 413 g/mol. The lowest BCUT2D eigenvalue weighted by Gasteiger charge is -2.16. The molecule has 2 aromatic carbocycles. The molecule has 8 heteroatoms. The van der Waals surface area contributed by atoms with E-state index in [-0.39, 0.29) is 22.9 Å². The number of hydrogen-bond acceptors (Lipinski definition) is 5. The average Bonchev–Trinajstić information content (AvgIpc) is 3.48. The molecule has 0 atom stereocenters. The van der Waals surface area contributed by atoms with Crippen LogP contribution in [0.2, 0.25) is 0 Å². The van der Waals surface area contributed by atoms with Crippen molar-refractivity contribution in [2.24, 2.45) is 0 Å². The van der Waals surface area contributed by atoms with Gasteiger partial charge >= 0.3 is 0 Å². The summed E-state index contributed by atoms with van der Waals surface area (Å²) in [5.74, 6) is -0.0687. The molecule has 1 saturated carbocycles. The number of aromatic nitrogens is 4. The second kappa shape index (κ2) is 8.11. The number of thioether (sulfide) groups is 1. The van der Waals surface area contributed by atoms with Gasteiger partial charge in [0.1, 0.15) is 17.2 Å². The monoisotopic (exact) mass is 433 g/mol. The first-order chi connectivity index (χ1) is 15.1. The third-order valence-electron chi connectivity index (χ3n) is 5.60. The van der Waals surface area contributed by atoms with Crippen LogP contribution < -0.4 is 5.32 Å². The van der Waals surface area contributed by atoms with Gasteiger partial charge in [-0.15, -0.1) is 0 Å². The molecule has 2 heterocycles. The first kappa shape index (κ1) is 19.7. The molecule has 0 aliphatic heterocycles. The summed E-state index contributed by atoms with van der Waals surface area (Å²) in [6.07, 6.45) is 5.32. The van der Waals surface area contributed by atoms with E-state index in [9.17, 15) is 9.18 Å². The Morgan fingerprint density at radius 1 is 1.10 bits per heavy atom. The predicted molar refractivity (Wildman–Crippen MR) is 118 cm³/mol. The number of amides is 1. The first-order valence-corrected chi connectivity index (χ1v) is 11.0. The minimum atomic E-state index is -0.308. The van der Waals surface area contributed by atoms with Crippen LogP contribution in [0.25, 0.3) is 16.7 Å². The van der Waals surface area contributed by atoms with E-state index < -0.39 is 0 Å². The smallest absolute Gasteiger partial charge is 0.230 e. The van der Waals surface area contributed by atoms with E-state index in [1.807, 2.05) is 18.2 Å². The lowest BCUT2D eigenvalue weighted by Crippen LogP contribution is -2.33. The normalized spacial score (nSPS) is 14.5. The van der Waals surface area contributed by atoms with Crippen LogP contribution in [0.15, 0.2) is 72.1 Å². The van der Waals surface area contributed by atoms with Gasteiger partial charge < -0.3 is 5.32 Å². The Kier molecular flexibility index (Phi) is 5.15. The van der Waals surface area contributed by atoms with Crippen LogP contribution in [-0.2, 0) is 10.2 Å². The summed E-state index contributed by atoms with van der Waals surface area (Å²) in [7, 11) is 0. The quantitative estimate of drug-likeness (QED) is 0.354. The summed E-state index contributed by atoms with van der Waals surface area (Å²) in [6, 6.07) is 16.4. The van der Waals surface area contributed by atoms with E-state index in [0.717, 1.165) is 18.2 Å². The van der Waals surface area contributed by atoms with Crippen molar-refractivity contribution in [3.05, 3.63) is 78.5 Å². The van der Waals surface area contributed by atoms with Crippen LogP contribution in [0.3, 0.4) is 0 Å². The van der Waals surface area contributed by atoms with Crippen molar-refractivity contribution < 1.29 is 9.18 Å². The third kappa shape index (κ3) is 4.03. The van der Waals surface area contributed by atoms with E-state index in [4.69, 9.17) is 0 Å². The number of rotatable bonds is 7. The van der Waals surface area contributed by atoms with Crippen molar-refractivity contribution in [3.63, 3.8) is 0 Å². The maximum absolute atomic E-state index is 13.2. The molecule has 0 saturated heterocycles. The zero-order valence-electron chi connectivity index (χ0n) is 16.7. The van der Waals surface area contributed by atoms with Gasteiger partial charge in [0.25, 0.3) is 0 Å². The maximum Gasteiger partial charge on any atom is 0.230 e. The highest BCUT2D eigenvalue weighted by Gasteiger charge is 2.44. The summed E-state index contributed by atoms with van der Waals surface area (Å²) in [4.78, 5) is 21.1. The van der Waals surface area contributed by atoms with Crippen molar-refractivity contribution in [1.29, 1.82) is 0 Å². The van der Waals surface area contributed by atoms with Gasteiger partial charge in [0.05, 0.1) is 23.0 Å². The SMILES string of the molecule is O=C(CSc1ncnc2c1cnn2-c1ccc(F)cc1)NCC1(c2ccccc2)CC1. The largest absolute Gasteiger partial charge is 0.354 e. The molecule has 2 aromatic heterocycles. The fraction of sp³-hybridized carbons (Fsp3) is 0.217. The minimum absolute atomic E-state index is 0.0232. The molecule has 156 valence electrons. The Hall–Kier alpha value is -3.26. The standard InChI is InChI=1S/C23H20FN5OS/c24-17-6-8-18(9-7-17)29-21-19(12-28-29)22(27-15-26-21)31-13-20(30)25-14-23(10-11-23)16-4-2-1-3-5-16/h1-9,12,15H,10-11,13-14H2,(H,25,30). The number of carbonyl (C=O) groups excluding carboxylic acids is 1. The molecule has 5 rings (SSSR count). The van der Waals surface area contributed by atoms with Gasteiger partial charge in [-0.1, -0.05) is 42.1 Å². The maximum atomic E-state index is 13.2. The van der Waals surface area contributed by atoms with Crippen molar-refractivity contribution in [1.82, 2.24) is 25.1 Å². The van der Waals surface area contributed by atoms with E-state index in [1.54, 1.807) is 23.0 Å². The number of nitrogens with zero attached hydrogens (tertiary/aromatic N) is 4. The second-order valence-electron chi connectivity index (χ2n) is 7.66. The lowest BCUT2D eigenvalue weighted by molar-refractivity contribution is -0.118. The molecule has 6 nitrogen and oxygen atoms in total. The molecule has 1 N–H and O–H groups in total. The summed E-state index contributed by atoms with van der Waals surface area (Å²) < 4.78 is 14.9. The molecule has 0 bridgehead atoms. The topological polar surface area (TPSA) is 72.7 Å². The third-order valence-corrected chi connectivity index (χ3v) is 6.61. The van der Waals surface area contributed by atoms with Crippen LogP contribution in [0.1, 0.15) is 18.4 Å². The number of nitrogens with one attached hydrogen (secondary N) is 1. The summed E-state index contributed by atoms with van der Waals surface area (Å²) in [5.41, 5.74) is 2.69. The summed E-state index contributed by atoms with van der Waals surface area (Å²) in [5, 5.41) is 8.90. The van der Waals surface area contributed by atoms with E-state index in [2.05, 4.69) is 32.5 Å². The lowest BCUT2D eigenvalue weighted by atomic mass is 9.96. The molecule has 1 aliphatic rings.